The third-order valence-electron chi connectivity index (χ3n) is 2.34. The molecule has 0 spiro atoms. The molecule has 0 fully saturated rings. The van der Waals surface area contributed by atoms with Gasteiger partial charge in [-0.1, -0.05) is 31.5 Å². The largest absolute Gasteiger partial charge is 0.495 e. The Hall–Kier alpha value is -1.31. The Morgan fingerprint density at radius 2 is 2.19 bits per heavy atom. The summed E-state index contributed by atoms with van der Waals surface area (Å²) in [5, 5.41) is 0.505. The number of halogens is 1. The highest BCUT2D eigenvalue weighted by Crippen LogP contribution is 2.32. The summed E-state index contributed by atoms with van der Waals surface area (Å²) in [5.41, 5.74) is 1.89. The highest BCUT2D eigenvalue weighted by Gasteiger charge is 2.11. The van der Waals surface area contributed by atoms with Crippen LogP contribution in [0.5, 0.6) is 5.75 Å². The van der Waals surface area contributed by atoms with Crippen molar-refractivity contribution in [1.82, 2.24) is 0 Å². The lowest BCUT2D eigenvalue weighted by molar-refractivity contribution is 0.413. The van der Waals surface area contributed by atoms with Crippen LogP contribution in [-0.4, -0.2) is 13.2 Å². The molecule has 3 nitrogen and oxygen atoms in total. The van der Waals surface area contributed by atoms with Crippen molar-refractivity contribution >= 4 is 17.7 Å². The van der Waals surface area contributed by atoms with Crippen molar-refractivity contribution in [3.05, 3.63) is 28.3 Å². The molecule has 0 aliphatic heterocycles. The molecule has 1 aromatic rings. The fraction of sp³-hybridized carbons (Fsp3) is 0.417. The van der Waals surface area contributed by atoms with Crippen molar-refractivity contribution in [1.29, 1.82) is 0 Å². The fourth-order valence-electron chi connectivity index (χ4n) is 1.39. The molecule has 1 aromatic carbocycles. The third-order valence-corrected chi connectivity index (χ3v) is 2.77. The van der Waals surface area contributed by atoms with Gasteiger partial charge in [0.05, 0.1) is 18.7 Å². The first-order valence-corrected chi connectivity index (χ1v) is 5.37. The van der Waals surface area contributed by atoms with Gasteiger partial charge in [0.25, 0.3) is 0 Å². The van der Waals surface area contributed by atoms with Crippen LogP contribution in [0.15, 0.2) is 17.1 Å². The van der Waals surface area contributed by atoms with Crippen molar-refractivity contribution in [3.8, 4) is 5.75 Å². The Bertz CT molecular complexity index is 423. The van der Waals surface area contributed by atoms with Gasteiger partial charge in [-0.3, -0.25) is 0 Å². The van der Waals surface area contributed by atoms with E-state index in [1.807, 2.05) is 12.1 Å². The first-order valence-electron chi connectivity index (χ1n) is 5.00. The lowest BCUT2D eigenvalue weighted by Crippen LogP contribution is -1.95. The maximum atomic E-state index is 10.1. The summed E-state index contributed by atoms with van der Waals surface area (Å²) in [7, 11) is 1.57. The van der Waals surface area contributed by atoms with Crippen LogP contribution in [0, 0.1) is 0 Å². The standard InChI is InChI=1S/C12H14ClNO2/c1-8(2)9-4-10(6-14-7-15)12(13)11(5-9)16-3/h4-5,8H,6H2,1-3H3. The Morgan fingerprint density at radius 3 is 2.69 bits per heavy atom. The third kappa shape index (κ3) is 2.84. The summed E-state index contributed by atoms with van der Waals surface area (Å²) in [6, 6.07) is 3.84. The summed E-state index contributed by atoms with van der Waals surface area (Å²) >= 11 is 6.11. The first-order chi connectivity index (χ1) is 7.60. The van der Waals surface area contributed by atoms with E-state index >= 15 is 0 Å². The molecular formula is C12H14ClNO2. The van der Waals surface area contributed by atoms with Crippen molar-refractivity contribution in [2.75, 3.05) is 7.11 Å². The van der Waals surface area contributed by atoms with Crippen molar-refractivity contribution in [3.63, 3.8) is 0 Å². The second-order valence-electron chi connectivity index (χ2n) is 3.76. The van der Waals surface area contributed by atoms with E-state index in [9.17, 15) is 4.79 Å². The van der Waals surface area contributed by atoms with Crippen LogP contribution in [0.4, 0.5) is 0 Å². The predicted octanol–water partition coefficient (Wildman–Crippen LogP) is 3.31. The van der Waals surface area contributed by atoms with Crippen LogP contribution in [0.1, 0.15) is 30.9 Å². The van der Waals surface area contributed by atoms with Crippen molar-refractivity contribution in [2.45, 2.75) is 26.3 Å². The molecule has 0 aromatic heterocycles. The summed E-state index contributed by atoms with van der Waals surface area (Å²) in [6.45, 7) is 4.39. The molecule has 16 heavy (non-hydrogen) atoms. The number of methoxy groups -OCH3 is 1. The molecular weight excluding hydrogens is 226 g/mol. The van der Waals surface area contributed by atoms with Gasteiger partial charge in [0, 0.05) is 0 Å². The minimum absolute atomic E-state index is 0.235. The van der Waals surface area contributed by atoms with E-state index in [0.29, 0.717) is 16.7 Å². The number of nitrogens with zero attached hydrogens (tertiary/aromatic N) is 1. The summed E-state index contributed by atoms with van der Waals surface area (Å²) in [4.78, 5) is 13.6. The fourth-order valence-corrected chi connectivity index (χ4v) is 1.64. The number of ether oxygens (including phenoxy) is 1. The van der Waals surface area contributed by atoms with Gasteiger partial charge in [-0.05, 0) is 23.1 Å². The quantitative estimate of drug-likeness (QED) is 0.597. The molecule has 86 valence electrons. The van der Waals surface area contributed by atoms with E-state index in [1.54, 1.807) is 7.11 Å². The minimum atomic E-state index is 0.235. The molecule has 0 aliphatic carbocycles. The van der Waals surface area contributed by atoms with Crippen LogP contribution < -0.4 is 4.74 Å². The zero-order valence-corrected chi connectivity index (χ0v) is 10.3. The van der Waals surface area contributed by atoms with Gasteiger partial charge < -0.3 is 4.74 Å². The lowest BCUT2D eigenvalue weighted by Gasteiger charge is -2.12. The van der Waals surface area contributed by atoms with E-state index in [-0.39, 0.29) is 6.54 Å². The minimum Gasteiger partial charge on any atom is -0.495 e. The summed E-state index contributed by atoms with van der Waals surface area (Å²) in [5.74, 6) is 0.981. The van der Waals surface area contributed by atoms with E-state index in [2.05, 4.69) is 18.8 Å². The van der Waals surface area contributed by atoms with E-state index in [4.69, 9.17) is 16.3 Å². The van der Waals surface area contributed by atoms with Crippen LogP contribution in [-0.2, 0) is 11.3 Å². The van der Waals surface area contributed by atoms with Crippen LogP contribution >= 0.6 is 11.6 Å². The molecule has 0 saturated carbocycles. The highest BCUT2D eigenvalue weighted by molar-refractivity contribution is 6.32. The molecule has 0 radical (unpaired) electrons. The SMILES string of the molecule is COc1cc(C(C)C)cc(CN=C=O)c1Cl. The molecule has 4 heteroatoms. The molecule has 0 aliphatic rings. The Morgan fingerprint density at radius 1 is 1.50 bits per heavy atom. The zero-order chi connectivity index (χ0) is 12.1. The Labute approximate surface area is 100 Å². The molecule has 0 saturated heterocycles. The lowest BCUT2D eigenvalue weighted by atomic mass is 10.0. The van der Waals surface area contributed by atoms with Gasteiger partial charge in [0.1, 0.15) is 5.75 Å². The first kappa shape index (κ1) is 12.8. The number of isocyanates is 1. The van der Waals surface area contributed by atoms with E-state index in [1.165, 1.54) is 6.08 Å². The van der Waals surface area contributed by atoms with Gasteiger partial charge >= 0.3 is 0 Å². The van der Waals surface area contributed by atoms with E-state index < -0.39 is 0 Å². The maximum absolute atomic E-state index is 10.1. The molecule has 0 amide bonds. The molecule has 0 bridgehead atoms. The van der Waals surface area contributed by atoms with Gasteiger partial charge in [-0.15, -0.1) is 0 Å². The molecule has 0 atom stereocenters. The predicted molar refractivity (Wildman–Crippen MR) is 63.9 cm³/mol. The molecule has 1 rings (SSSR count). The average molecular weight is 240 g/mol. The summed E-state index contributed by atoms with van der Waals surface area (Å²) < 4.78 is 5.18. The van der Waals surface area contributed by atoms with Gasteiger partial charge in [-0.2, -0.15) is 0 Å². The van der Waals surface area contributed by atoms with Gasteiger partial charge in [0.15, 0.2) is 0 Å². The van der Waals surface area contributed by atoms with Gasteiger partial charge in [0.2, 0.25) is 6.08 Å². The number of aliphatic imine (C=N–C) groups is 1. The second kappa shape index (κ2) is 5.69. The Balaban J connectivity index is 3.23. The number of carbonyl (C=O) groups excluding carboxylic acids is 1. The molecule has 0 unspecified atom stereocenters. The summed E-state index contributed by atoms with van der Waals surface area (Å²) in [6.07, 6.45) is 1.51. The topological polar surface area (TPSA) is 38.7 Å². The molecule has 0 N–H and O–H groups in total. The highest BCUT2D eigenvalue weighted by atomic mass is 35.5. The number of benzene rings is 1. The average Bonchev–Trinajstić information content (AvgIpc) is 2.27. The van der Waals surface area contributed by atoms with Crippen LogP contribution in [0.3, 0.4) is 0 Å². The zero-order valence-electron chi connectivity index (χ0n) is 9.58. The van der Waals surface area contributed by atoms with Crippen LogP contribution in [0.2, 0.25) is 5.02 Å². The van der Waals surface area contributed by atoms with E-state index in [0.717, 1.165) is 11.1 Å². The number of hydrogen-bond acceptors (Lipinski definition) is 3. The monoisotopic (exact) mass is 239 g/mol. The Kier molecular flexibility index (Phi) is 4.53. The number of hydrogen-bond donors (Lipinski definition) is 0. The normalized spacial score (nSPS) is 10.1. The second-order valence-corrected chi connectivity index (χ2v) is 4.14. The van der Waals surface area contributed by atoms with Crippen LogP contribution in [0.25, 0.3) is 0 Å². The van der Waals surface area contributed by atoms with Crippen molar-refractivity contribution < 1.29 is 9.53 Å². The maximum Gasteiger partial charge on any atom is 0.235 e. The van der Waals surface area contributed by atoms with Gasteiger partial charge in [-0.25, -0.2) is 9.79 Å². The van der Waals surface area contributed by atoms with Crippen molar-refractivity contribution in [2.24, 2.45) is 4.99 Å². The molecule has 0 heterocycles. The number of rotatable bonds is 4. The smallest absolute Gasteiger partial charge is 0.235 e.